The van der Waals surface area contributed by atoms with Gasteiger partial charge in [0.05, 0.1) is 10.7 Å². The zero-order valence-corrected chi connectivity index (χ0v) is 10.5. The van der Waals surface area contributed by atoms with Crippen LogP contribution < -0.4 is 0 Å². The summed E-state index contributed by atoms with van der Waals surface area (Å²) < 4.78 is 1.26. The Morgan fingerprint density at radius 1 is 1.65 bits per heavy atom. The van der Waals surface area contributed by atoms with E-state index in [1.807, 2.05) is 12.3 Å². The molecule has 0 aliphatic rings. The van der Waals surface area contributed by atoms with Gasteiger partial charge in [-0.2, -0.15) is 0 Å². The normalized spacial score (nSPS) is 10.6. The number of hydrogen-bond acceptors (Lipinski definition) is 7. The molecule has 1 N–H and O–H groups in total. The summed E-state index contributed by atoms with van der Waals surface area (Å²) in [5, 5.41) is 22.9. The summed E-state index contributed by atoms with van der Waals surface area (Å²) in [7, 11) is 0. The molecule has 2 heterocycles. The summed E-state index contributed by atoms with van der Waals surface area (Å²) >= 11 is 2.95. The van der Waals surface area contributed by atoms with Gasteiger partial charge in [-0.05, 0) is 17.4 Å². The fourth-order valence-corrected chi connectivity index (χ4v) is 2.63. The zero-order valence-electron chi connectivity index (χ0n) is 8.90. The average molecular weight is 271 g/mol. The molecule has 0 aliphatic heterocycles. The van der Waals surface area contributed by atoms with Gasteiger partial charge < -0.3 is 5.11 Å². The third-order valence-corrected chi connectivity index (χ3v) is 3.61. The van der Waals surface area contributed by atoms with Crippen molar-refractivity contribution in [3.05, 3.63) is 16.1 Å². The number of aryl methyl sites for hydroxylation is 1. The number of rotatable bonds is 5. The van der Waals surface area contributed by atoms with Crippen LogP contribution in [-0.4, -0.2) is 36.3 Å². The van der Waals surface area contributed by atoms with Gasteiger partial charge in [0.25, 0.3) is 0 Å². The minimum atomic E-state index is -0.969. The van der Waals surface area contributed by atoms with Crippen LogP contribution in [0.15, 0.2) is 10.5 Å². The first-order chi connectivity index (χ1) is 8.15. The Morgan fingerprint density at radius 3 is 3.12 bits per heavy atom. The number of carbonyl (C=O) groups is 1. The Hall–Kier alpha value is -1.48. The molecule has 17 heavy (non-hydrogen) atoms. The van der Waals surface area contributed by atoms with E-state index in [-0.39, 0.29) is 6.54 Å². The number of carboxylic acids is 1. The summed E-state index contributed by atoms with van der Waals surface area (Å²) in [5.74, 6) is -0.340. The molecular formula is C8H9N5O2S2. The summed E-state index contributed by atoms with van der Waals surface area (Å²) in [6.07, 6.45) is 0. The summed E-state index contributed by atoms with van der Waals surface area (Å²) in [6, 6.07) is 0. The molecular weight excluding hydrogens is 262 g/mol. The largest absolute Gasteiger partial charge is 0.480 e. The van der Waals surface area contributed by atoms with Crippen LogP contribution in [0, 0.1) is 6.92 Å². The van der Waals surface area contributed by atoms with Crippen LogP contribution in [0.1, 0.15) is 10.7 Å². The molecule has 0 radical (unpaired) electrons. The first-order valence-corrected chi connectivity index (χ1v) is 6.53. The highest BCUT2D eigenvalue weighted by Gasteiger charge is 2.10. The summed E-state index contributed by atoms with van der Waals surface area (Å²) in [5.41, 5.74) is 0.947. The van der Waals surface area contributed by atoms with Gasteiger partial charge in [-0.25, -0.2) is 9.67 Å². The molecule has 9 heteroatoms. The maximum Gasteiger partial charge on any atom is 0.325 e. The molecule has 0 amide bonds. The number of hydrogen-bond donors (Lipinski definition) is 1. The lowest BCUT2D eigenvalue weighted by molar-refractivity contribution is -0.138. The van der Waals surface area contributed by atoms with Crippen LogP contribution in [0.3, 0.4) is 0 Å². The first-order valence-electron chi connectivity index (χ1n) is 4.67. The summed E-state index contributed by atoms with van der Waals surface area (Å²) in [4.78, 5) is 14.9. The van der Waals surface area contributed by atoms with Crippen LogP contribution >= 0.6 is 23.1 Å². The number of thioether (sulfide) groups is 1. The molecule has 2 rings (SSSR count). The molecule has 0 bridgehead atoms. The predicted octanol–water partition coefficient (Wildman–Crippen LogP) is 0.815. The van der Waals surface area contributed by atoms with Gasteiger partial charge in [0.15, 0.2) is 0 Å². The van der Waals surface area contributed by atoms with Crippen molar-refractivity contribution in [2.24, 2.45) is 0 Å². The maximum absolute atomic E-state index is 10.6. The van der Waals surface area contributed by atoms with Crippen molar-refractivity contribution in [1.29, 1.82) is 0 Å². The van der Waals surface area contributed by atoms with Crippen LogP contribution in [-0.2, 0) is 17.1 Å². The zero-order chi connectivity index (χ0) is 12.3. The van der Waals surface area contributed by atoms with E-state index in [9.17, 15) is 4.79 Å². The van der Waals surface area contributed by atoms with Crippen molar-refractivity contribution in [1.82, 2.24) is 25.2 Å². The molecule has 0 aromatic carbocycles. The van der Waals surface area contributed by atoms with E-state index < -0.39 is 5.97 Å². The quantitative estimate of drug-likeness (QED) is 0.804. The minimum absolute atomic E-state index is 0.231. The van der Waals surface area contributed by atoms with E-state index in [4.69, 9.17) is 5.11 Å². The second-order valence-electron chi connectivity index (χ2n) is 3.16. The van der Waals surface area contributed by atoms with Crippen molar-refractivity contribution in [3.8, 4) is 0 Å². The average Bonchev–Trinajstić information content (AvgIpc) is 2.84. The number of aliphatic carboxylic acids is 1. The predicted molar refractivity (Wildman–Crippen MR) is 61.9 cm³/mol. The van der Waals surface area contributed by atoms with Gasteiger partial charge in [-0.1, -0.05) is 11.8 Å². The van der Waals surface area contributed by atoms with E-state index >= 15 is 0 Å². The molecule has 0 atom stereocenters. The van der Waals surface area contributed by atoms with Crippen LogP contribution in [0.5, 0.6) is 0 Å². The van der Waals surface area contributed by atoms with Crippen LogP contribution in [0.25, 0.3) is 0 Å². The van der Waals surface area contributed by atoms with E-state index in [0.29, 0.717) is 10.9 Å². The van der Waals surface area contributed by atoms with Crippen molar-refractivity contribution >= 4 is 29.1 Å². The van der Waals surface area contributed by atoms with Gasteiger partial charge in [-0.3, -0.25) is 4.79 Å². The van der Waals surface area contributed by atoms with Crippen LogP contribution in [0.4, 0.5) is 0 Å². The number of tetrazole rings is 1. The Balaban J connectivity index is 1.99. The monoisotopic (exact) mass is 271 g/mol. The number of nitrogens with zero attached hydrogens (tertiary/aromatic N) is 5. The highest BCUT2D eigenvalue weighted by Crippen LogP contribution is 2.20. The van der Waals surface area contributed by atoms with Crippen molar-refractivity contribution in [2.75, 3.05) is 0 Å². The molecule has 0 saturated heterocycles. The fraction of sp³-hybridized carbons (Fsp3) is 0.375. The Bertz CT molecular complexity index is 523. The third kappa shape index (κ3) is 3.24. The smallest absolute Gasteiger partial charge is 0.325 e. The van der Waals surface area contributed by atoms with Crippen molar-refractivity contribution in [2.45, 2.75) is 24.4 Å². The Kier molecular flexibility index (Phi) is 3.69. The lowest BCUT2D eigenvalue weighted by atomic mass is 10.6. The van der Waals surface area contributed by atoms with E-state index in [1.165, 1.54) is 16.4 Å². The lowest BCUT2D eigenvalue weighted by Crippen LogP contribution is -2.11. The standard InChI is InChI=1S/C8H9N5O2S2/c1-5-9-6(3-16-5)4-17-8-10-11-12-13(8)2-7(14)15/h3H,2,4H2,1H3,(H,14,15). The van der Waals surface area contributed by atoms with Crippen LogP contribution in [0.2, 0.25) is 0 Å². The number of thiazole rings is 1. The van der Waals surface area contributed by atoms with Gasteiger partial charge in [0.2, 0.25) is 5.16 Å². The third-order valence-electron chi connectivity index (χ3n) is 1.80. The lowest BCUT2D eigenvalue weighted by Gasteiger charge is -1.99. The second kappa shape index (κ2) is 5.23. The van der Waals surface area contributed by atoms with Gasteiger partial charge in [0, 0.05) is 11.1 Å². The fourth-order valence-electron chi connectivity index (χ4n) is 1.14. The summed E-state index contributed by atoms with van der Waals surface area (Å²) in [6.45, 7) is 1.71. The highest BCUT2D eigenvalue weighted by molar-refractivity contribution is 7.98. The number of aromatic nitrogens is 5. The SMILES string of the molecule is Cc1nc(CSc2nnnn2CC(=O)O)cs1. The molecule has 0 aliphatic carbocycles. The number of carboxylic acid groups (broad SMARTS) is 1. The molecule has 0 saturated carbocycles. The van der Waals surface area contributed by atoms with E-state index in [2.05, 4.69) is 20.5 Å². The van der Waals surface area contributed by atoms with Crippen molar-refractivity contribution in [3.63, 3.8) is 0 Å². The molecule has 0 fully saturated rings. The van der Waals surface area contributed by atoms with E-state index in [1.54, 1.807) is 11.3 Å². The first kappa shape index (κ1) is 12.0. The maximum atomic E-state index is 10.6. The van der Waals surface area contributed by atoms with Gasteiger partial charge >= 0.3 is 5.97 Å². The van der Waals surface area contributed by atoms with Crippen molar-refractivity contribution < 1.29 is 9.90 Å². The Labute approximate surface area is 105 Å². The minimum Gasteiger partial charge on any atom is -0.480 e. The molecule has 0 spiro atoms. The molecule has 90 valence electrons. The molecule has 2 aromatic rings. The van der Waals surface area contributed by atoms with E-state index in [0.717, 1.165) is 10.7 Å². The highest BCUT2D eigenvalue weighted by atomic mass is 32.2. The van der Waals surface area contributed by atoms with Gasteiger partial charge in [0.1, 0.15) is 6.54 Å². The molecule has 0 unspecified atom stereocenters. The van der Waals surface area contributed by atoms with Gasteiger partial charge in [-0.15, -0.1) is 16.4 Å². The second-order valence-corrected chi connectivity index (χ2v) is 5.16. The molecule has 2 aromatic heterocycles. The Morgan fingerprint density at radius 2 is 2.47 bits per heavy atom. The molecule has 7 nitrogen and oxygen atoms in total. The topological polar surface area (TPSA) is 93.8 Å².